The van der Waals surface area contributed by atoms with Crippen molar-refractivity contribution >= 4 is 17.6 Å². The van der Waals surface area contributed by atoms with Crippen molar-refractivity contribution in [1.82, 2.24) is 15.2 Å². The Labute approximate surface area is 218 Å². The Morgan fingerprint density at radius 1 is 1.05 bits per heavy atom. The zero-order chi connectivity index (χ0) is 26.9. The van der Waals surface area contributed by atoms with E-state index in [-0.39, 0.29) is 31.1 Å². The van der Waals surface area contributed by atoms with E-state index >= 15 is 0 Å². The second-order valence-corrected chi connectivity index (χ2v) is 8.86. The maximum Gasteiger partial charge on any atom is 0.318 e. The normalized spacial score (nSPS) is 14.8. The molecule has 0 unspecified atom stereocenters. The molecule has 0 saturated heterocycles. The molecule has 0 aromatic heterocycles. The molecule has 0 radical (unpaired) electrons. The molecule has 0 spiro atoms. The van der Waals surface area contributed by atoms with Gasteiger partial charge in [0, 0.05) is 37.2 Å². The lowest BCUT2D eigenvalue weighted by atomic mass is 9.97. The summed E-state index contributed by atoms with van der Waals surface area (Å²) >= 11 is 0. The van der Waals surface area contributed by atoms with Crippen molar-refractivity contribution in [1.29, 1.82) is 0 Å². The standard InChI is InChI=1S/C27H36N4O6/c1-18(2)28-27(33)30(12-13-34-3)17-26(32)31-24(22-15-21(36-5)10-11-25(22)37-6)16-23(29-31)19-8-7-9-20(14-19)35-4/h7-11,14-15,18,24H,12-13,16-17H2,1-6H3,(H,28,33)/t24-/m0/s1. The Morgan fingerprint density at radius 3 is 2.43 bits per heavy atom. The van der Waals surface area contributed by atoms with Crippen molar-refractivity contribution < 1.29 is 28.5 Å². The fraction of sp³-hybridized carbons (Fsp3) is 0.444. The van der Waals surface area contributed by atoms with Gasteiger partial charge in [-0.05, 0) is 44.2 Å². The van der Waals surface area contributed by atoms with E-state index in [0.29, 0.717) is 30.3 Å². The van der Waals surface area contributed by atoms with E-state index in [0.717, 1.165) is 16.8 Å². The smallest absolute Gasteiger partial charge is 0.318 e. The molecule has 1 aliphatic rings. The summed E-state index contributed by atoms with van der Waals surface area (Å²) in [7, 11) is 6.32. The summed E-state index contributed by atoms with van der Waals surface area (Å²) in [6.07, 6.45) is 0.443. The van der Waals surface area contributed by atoms with Gasteiger partial charge in [0.15, 0.2) is 0 Å². The minimum Gasteiger partial charge on any atom is -0.497 e. The van der Waals surface area contributed by atoms with Gasteiger partial charge in [0.1, 0.15) is 23.8 Å². The van der Waals surface area contributed by atoms with E-state index in [1.165, 1.54) is 9.91 Å². The van der Waals surface area contributed by atoms with Crippen LogP contribution in [0.4, 0.5) is 4.79 Å². The summed E-state index contributed by atoms with van der Waals surface area (Å²) < 4.78 is 21.6. The fourth-order valence-electron chi connectivity index (χ4n) is 4.09. The van der Waals surface area contributed by atoms with Crippen LogP contribution in [-0.2, 0) is 9.53 Å². The van der Waals surface area contributed by atoms with Gasteiger partial charge in [-0.25, -0.2) is 9.80 Å². The van der Waals surface area contributed by atoms with Crippen LogP contribution in [0.15, 0.2) is 47.6 Å². The highest BCUT2D eigenvalue weighted by atomic mass is 16.5. The Balaban J connectivity index is 1.99. The predicted molar refractivity (Wildman–Crippen MR) is 140 cm³/mol. The van der Waals surface area contributed by atoms with E-state index in [1.54, 1.807) is 40.6 Å². The third-order valence-corrected chi connectivity index (χ3v) is 5.96. The van der Waals surface area contributed by atoms with Gasteiger partial charge in [0.05, 0.1) is 39.7 Å². The molecule has 1 aliphatic heterocycles. The summed E-state index contributed by atoms with van der Waals surface area (Å²) in [6.45, 7) is 4.12. The molecule has 0 fully saturated rings. The molecule has 0 bridgehead atoms. The highest BCUT2D eigenvalue weighted by Gasteiger charge is 2.36. The molecule has 3 rings (SSSR count). The number of rotatable bonds is 11. The van der Waals surface area contributed by atoms with Crippen LogP contribution in [0.2, 0.25) is 0 Å². The Bertz CT molecular complexity index is 1120. The van der Waals surface area contributed by atoms with Crippen molar-refractivity contribution in [3.05, 3.63) is 53.6 Å². The number of carbonyl (C=O) groups excluding carboxylic acids is 2. The van der Waals surface area contributed by atoms with Crippen LogP contribution in [0.1, 0.15) is 37.4 Å². The molecule has 0 saturated carbocycles. The van der Waals surface area contributed by atoms with Gasteiger partial charge < -0.3 is 29.2 Å². The Morgan fingerprint density at radius 2 is 1.78 bits per heavy atom. The van der Waals surface area contributed by atoms with Crippen LogP contribution in [0.3, 0.4) is 0 Å². The van der Waals surface area contributed by atoms with E-state index in [9.17, 15) is 9.59 Å². The topological polar surface area (TPSA) is 102 Å². The minimum atomic E-state index is -0.462. The van der Waals surface area contributed by atoms with Crippen molar-refractivity contribution in [2.75, 3.05) is 48.1 Å². The first-order valence-electron chi connectivity index (χ1n) is 12.1. The third kappa shape index (κ3) is 6.91. The molecule has 10 nitrogen and oxygen atoms in total. The molecular weight excluding hydrogens is 476 g/mol. The van der Waals surface area contributed by atoms with Gasteiger partial charge in [-0.1, -0.05) is 12.1 Å². The molecule has 0 aliphatic carbocycles. The highest BCUT2D eigenvalue weighted by Crippen LogP contribution is 2.39. The number of hydrogen-bond donors (Lipinski definition) is 1. The summed E-state index contributed by atoms with van der Waals surface area (Å²) in [6, 6.07) is 12.1. The van der Waals surface area contributed by atoms with E-state index < -0.39 is 6.04 Å². The maximum atomic E-state index is 13.7. The molecule has 37 heavy (non-hydrogen) atoms. The molecule has 1 atom stereocenters. The van der Waals surface area contributed by atoms with Crippen LogP contribution in [0, 0.1) is 0 Å². The van der Waals surface area contributed by atoms with E-state index in [4.69, 9.17) is 24.0 Å². The number of amides is 3. The van der Waals surface area contributed by atoms with Gasteiger partial charge >= 0.3 is 6.03 Å². The number of nitrogens with zero attached hydrogens (tertiary/aromatic N) is 3. The number of benzene rings is 2. The van der Waals surface area contributed by atoms with Gasteiger partial charge in [-0.2, -0.15) is 5.10 Å². The first-order chi connectivity index (χ1) is 17.8. The van der Waals surface area contributed by atoms with Crippen molar-refractivity contribution in [2.45, 2.75) is 32.4 Å². The van der Waals surface area contributed by atoms with Gasteiger partial charge in [0.2, 0.25) is 0 Å². The molecular formula is C27H36N4O6. The average molecular weight is 513 g/mol. The van der Waals surface area contributed by atoms with E-state index in [1.807, 2.05) is 44.2 Å². The lowest BCUT2D eigenvalue weighted by molar-refractivity contribution is -0.133. The van der Waals surface area contributed by atoms with Crippen LogP contribution < -0.4 is 19.5 Å². The predicted octanol–water partition coefficient (Wildman–Crippen LogP) is 3.46. The second-order valence-electron chi connectivity index (χ2n) is 8.86. The monoisotopic (exact) mass is 512 g/mol. The Hall–Kier alpha value is -3.79. The van der Waals surface area contributed by atoms with E-state index in [2.05, 4.69) is 5.32 Å². The minimum absolute atomic E-state index is 0.0779. The third-order valence-electron chi connectivity index (χ3n) is 5.96. The molecule has 200 valence electrons. The van der Waals surface area contributed by atoms with Crippen LogP contribution in [-0.4, -0.2) is 81.7 Å². The lowest BCUT2D eigenvalue weighted by Gasteiger charge is -2.28. The number of hydrazone groups is 1. The van der Waals surface area contributed by atoms with Gasteiger partial charge in [-0.15, -0.1) is 0 Å². The number of ether oxygens (including phenoxy) is 4. The first-order valence-corrected chi connectivity index (χ1v) is 12.1. The highest BCUT2D eigenvalue weighted by molar-refractivity contribution is 6.03. The number of hydrogen-bond acceptors (Lipinski definition) is 7. The SMILES string of the molecule is COCCN(CC(=O)N1N=C(c2cccc(OC)c2)C[C@H]1c1cc(OC)ccc1OC)C(=O)NC(C)C. The number of nitrogens with one attached hydrogen (secondary N) is 1. The molecule has 1 heterocycles. The number of methoxy groups -OCH3 is 4. The summed E-state index contributed by atoms with van der Waals surface area (Å²) in [5.41, 5.74) is 2.32. The summed E-state index contributed by atoms with van der Waals surface area (Å²) in [5, 5.41) is 9.02. The van der Waals surface area contributed by atoms with Crippen molar-refractivity contribution in [3.8, 4) is 17.2 Å². The van der Waals surface area contributed by atoms with Crippen molar-refractivity contribution in [3.63, 3.8) is 0 Å². The van der Waals surface area contributed by atoms with Crippen LogP contribution in [0.25, 0.3) is 0 Å². The molecule has 3 amide bonds. The van der Waals surface area contributed by atoms with Crippen LogP contribution in [0.5, 0.6) is 17.2 Å². The van der Waals surface area contributed by atoms with Gasteiger partial charge in [0.25, 0.3) is 5.91 Å². The van der Waals surface area contributed by atoms with Crippen molar-refractivity contribution in [2.24, 2.45) is 5.10 Å². The number of carbonyl (C=O) groups is 2. The lowest BCUT2D eigenvalue weighted by Crippen LogP contribution is -2.48. The molecule has 1 N–H and O–H groups in total. The molecule has 2 aromatic carbocycles. The zero-order valence-corrected chi connectivity index (χ0v) is 22.3. The molecule has 10 heteroatoms. The quantitative estimate of drug-likeness (QED) is 0.495. The largest absolute Gasteiger partial charge is 0.497 e. The second kappa shape index (κ2) is 13.0. The fourth-order valence-corrected chi connectivity index (χ4v) is 4.09. The number of urea groups is 1. The van der Waals surface area contributed by atoms with Crippen LogP contribution >= 0.6 is 0 Å². The summed E-state index contributed by atoms with van der Waals surface area (Å²) in [4.78, 5) is 27.9. The van der Waals surface area contributed by atoms with Gasteiger partial charge in [-0.3, -0.25) is 4.79 Å². The average Bonchev–Trinajstić information content (AvgIpc) is 3.35. The first kappa shape index (κ1) is 27.8. The Kier molecular flexibility index (Phi) is 9.73. The molecule has 2 aromatic rings. The zero-order valence-electron chi connectivity index (χ0n) is 22.3. The maximum absolute atomic E-state index is 13.7. The summed E-state index contributed by atoms with van der Waals surface area (Å²) in [5.74, 6) is 1.61.